The van der Waals surface area contributed by atoms with E-state index >= 15 is 0 Å². The van der Waals surface area contributed by atoms with E-state index in [-0.39, 0.29) is 24.3 Å². The molecule has 38 heavy (non-hydrogen) atoms. The van der Waals surface area contributed by atoms with Crippen molar-refractivity contribution in [3.05, 3.63) is 79.9 Å². The molecule has 2 aliphatic rings. The molecular formula is C31H32ClNO5. The van der Waals surface area contributed by atoms with Gasteiger partial charge in [-0.3, -0.25) is 4.79 Å². The molecule has 0 bridgehead atoms. The van der Waals surface area contributed by atoms with Crippen molar-refractivity contribution in [3.8, 4) is 0 Å². The van der Waals surface area contributed by atoms with E-state index < -0.39 is 11.2 Å². The van der Waals surface area contributed by atoms with Gasteiger partial charge in [0, 0.05) is 34.3 Å². The number of benzene rings is 2. The van der Waals surface area contributed by atoms with E-state index in [1.54, 1.807) is 6.07 Å². The number of carbonyl (C=O) groups is 1. The van der Waals surface area contributed by atoms with Crippen molar-refractivity contribution in [1.29, 1.82) is 0 Å². The summed E-state index contributed by atoms with van der Waals surface area (Å²) in [5.41, 5.74) is 2.97. The Morgan fingerprint density at radius 2 is 1.74 bits per heavy atom. The number of aryl methyl sites for hydroxylation is 3. The summed E-state index contributed by atoms with van der Waals surface area (Å²) >= 11 is 6.17. The van der Waals surface area contributed by atoms with E-state index in [0.29, 0.717) is 34.7 Å². The summed E-state index contributed by atoms with van der Waals surface area (Å²) in [6.07, 6.45) is 4.10. The average molecular weight is 534 g/mol. The number of fused-ring (bicyclic) bond motifs is 3. The summed E-state index contributed by atoms with van der Waals surface area (Å²) in [5.74, 6) is 0.625. The molecule has 3 heterocycles. The lowest BCUT2D eigenvalue weighted by Crippen LogP contribution is -2.56. The Kier molecular flexibility index (Phi) is 6.15. The van der Waals surface area contributed by atoms with Gasteiger partial charge in [-0.05, 0) is 74.9 Å². The average Bonchev–Trinajstić information content (AvgIpc) is 3.17. The Bertz CT molecular complexity index is 1620. The van der Waals surface area contributed by atoms with Crippen LogP contribution in [-0.2, 0) is 11.2 Å². The minimum atomic E-state index is -0.789. The highest BCUT2D eigenvalue weighted by Crippen LogP contribution is 2.49. The largest absolute Gasteiger partial charge is 0.461 e. The molecule has 4 aromatic rings. The summed E-state index contributed by atoms with van der Waals surface area (Å²) in [4.78, 5) is 28.9. The van der Waals surface area contributed by atoms with Gasteiger partial charge in [0.1, 0.15) is 16.9 Å². The standard InChI is InChI=1S/C31H32ClNO5/c1-17-19(3)37-26-16-27-23(14-22(17)26)18(2)24(30(35)38-27)15-28(34)33-13-12-31(36)11-5-4-6-25(31)29(33)20-7-9-21(32)10-8-20/h7-10,14,16,25,29,36H,4-6,11-13,15H2,1-3H3/t25-,29+,31-/m1/s1. The second-order valence-corrected chi connectivity index (χ2v) is 11.5. The zero-order valence-electron chi connectivity index (χ0n) is 22.0. The number of hydrogen-bond acceptors (Lipinski definition) is 5. The van der Waals surface area contributed by atoms with Crippen LogP contribution in [-0.4, -0.2) is 28.1 Å². The first-order valence-corrected chi connectivity index (χ1v) is 13.8. The van der Waals surface area contributed by atoms with Gasteiger partial charge in [-0.1, -0.05) is 36.6 Å². The molecule has 0 unspecified atom stereocenters. The highest BCUT2D eigenvalue weighted by molar-refractivity contribution is 6.30. The zero-order valence-corrected chi connectivity index (χ0v) is 22.7. The Balaban J connectivity index is 1.39. The molecular weight excluding hydrogens is 502 g/mol. The first-order valence-electron chi connectivity index (χ1n) is 13.4. The van der Waals surface area contributed by atoms with Crippen molar-refractivity contribution in [2.75, 3.05) is 6.54 Å². The summed E-state index contributed by atoms with van der Waals surface area (Å²) in [6, 6.07) is 11.0. The van der Waals surface area contributed by atoms with Crippen LogP contribution in [0.2, 0.25) is 5.02 Å². The summed E-state index contributed by atoms with van der Waals surface area (Å²) in [6.45, 7) is 6.23. The summed E-state index contributed by atoms with van der Waals surface area (Å²) < 4.78 is 11.5. The predicted molar refractivity (Wildman–Crippen MR) is 148 cm³/mol. The number of carbonyl (C=O) groups excluding carboxylic acids is 1. The Labute approximate surface area is 226 Å². The number of amides is 1. The first kappa shape index (κ1) is 25.2. The number of nitrogens with zero attached hydrogens (tertiary/aromatic N) is 1. The number of halogens is 1. The molecule has 198 valence electrons. The van der Waals surface area contributed by atoms with Crippen LogP contribution in [0, 0.1) is 26.7 Å². The highest BCUT2D eigenvalue weighted by atomic mass is 35.5. The Hall–Kier alpha value is -3.09. The Morgan fingerprint density at radius 3 is 2.50 bits per heavy atom. The van der Waals surface area contributed by atoms with Crippen molar-refractivity contribution >= 4 is 39.4 Å². The van der Waals surface area contributed by atoms with Crippen molar-refractivity contribution < 1.29 is 18.7 Å². The van der Waals surface area contributed by atoms with E-state index in [4.69, 9.17) is 20.4 Å². The lowest BCUT2D eigenvalue weighted by atomic mass is 9.66. The van der Waals surface area contributed by atoms with Gasteiger partial charge in [-0.2, -0.15) is 0 Å². The molecule has 2 fully saturated rings. The maximum atomic E-state index is 13.9. The second kappa shape index (κ2) is 9.28. The molecule has 1 aliphatic carbocycles. The third-order valence-corrected chi connectivity index (χ3v) is 9.26. The molecule has 2 aromatic heterocycles. The predicted octanol–water partition coefficient (Wildman–Crippen LogP) is 6.56. The number of aliphatic hydroxyl groups is 1. The van der Waals surface area contributed by atoms with E-state index in [2.05, 4.69) is 0 Å². The van der Waals surface area contributed by atoms with Crippen molar-refractivity contribution in [2.24, 2.45) is 5.92 Å². The molecule has 0 radical (unpaired) electrons. The maximum Gasteiger partial charge on any atom is 0.340 e. The van der Waals surface area contributed by atoms with Crippen LogP contribution in [0.1, 0.15) is 66.2 Å². The van der Waals surface area contributed by atoms with Gasteiger partial charge in [-0.15, -0.1) is 0 Å². The van der Waals surface area contributed by atoms with Crippen LogP contribution in [0.3, 0.4) is 0 Å². The Morgan fingerprint density at radius 1 is 1.03 bits per heavy atom. The van der Waals surface area contributed by atoms with Crippen molar-refractivity contribution in [3.63, 3.8) is 0 Å². The monoisotopic (exact) mass is 533 g/mol. The van der Waals surface area contributed by atoms with E-state index in [1.165, 1.54) is 0 Å². The number of rotatable bonds is 3. The minimum absolute atomic E-state index is 0.0548. The molecule has 1 saturated carbocycles. The fourth-order valence-electron chi connectivity index (χ4n) is 6.72. The number of hydrogen-bond donors (Lipinski definition) is 1. The molecule has 1 N–H and O–H groups in total. The molecule has 2 aromatic carbocycles. The van der Waals surface area contributed by atoms with Crippen LogP contribution < -0.4 is 5.63 Å². The topological polar surface area (TPSA) is 83.9 Å². The molecule has 6 rings (SSSR count). The van der Waals surface area contributed by atoms with Crippen molar-refractivity contribution in [1.82, 2.24) is 4.90 Å². The number of piperidine rings is 1. The first-order chi connectivity index (χ1) is 18.2. The summed E-state index contributed by atoms with van der Waals surface area (Å²) in [7, 11) is 0. The minimum Gasteiger partial charge on any atom is -0.461 e. The third kappa shape index (κ3) is 4.05. The quantitative estimate of drug-likeness (QED) is 0.302. The van der Waals surface area contributed by atoms with E-state index in [9.17, 15) is 14.7 Å². The lowest BCUT2D eigenvalue weighted by molar-refractivity contribution is -0.154. The van der Waals surface area contributed by atoms with Crippen molar-refractivity contribution in [2.45, 2.75) is 70.9 Å². The smallest absolute Gasteiger partial charge is 0.340 e. The number of likely N-dealkylation sites (tertiary alicyclic amines) is 1. The van der Waals surface area contributed by atoms with Crippen LogP contribution >= 0.6 is 11.6 Å². The van der Waals surface area contributed by atoms with Gasteiger partial charge in [-0.25, -0.2) is 4.79 Å². The second-order valence-electron chi connectivity index (χ2n) is 11.1. The van der Waals surface area contributed by atoms with E-state index in [0.717, 1.165) is 58.9 Å². The normalized spacial score (nSPS) is 23.7. The summed E-state index contributed by atoms with van der Waals surface area (Å²) in [5, 5.41) is 14.0. The molecule has 1 aliphatic heterocycles. The van der Waals surface area contributed by atoms with Gasteiger partial charge in [0.05, 0.1) is 23.6 Å². The van der Waals surface area contributed by atoms with Gasteiger partial charge in [0.25, 0.3) is 0 Å². The van der Waals surface area contributed by atoms with Gasteiger partial charge in [0.2, 0.25) is 5.91 Å². The fraction of sp³-hybridized carbons (Fsp3) is 0.419. The maximum absolute atomic E-state index is 13.9. The van der Waals surface area contributed by atoms with Gasteiger partial charge in [0.15, 0.2) is 0 Å². The molecule has 6 nitrogen and oxygen atoms in total. The molecule has 7 heteroatoms. The lowest BCUT2D eigenvalue weighted by Gasteiger charge is -2.52. The van der Waals surface area contributed by atoms with Gasteiger partial charge >= 0.3 is 5.63 Å². The van der Waals surface area contributed by atoms with Gasteiger partial charge < -0.3 is 18.8 Å². The third-order valence-electron chi connectivity index (χ3n) is 9.01. The SMILES string of the molecule is Cc1oc2cc3oc(=O)c(CC(=O)N4CC[C@]5(O)CCCC[C@@H]5[C@@H]4c4ccc(Cl)cc4)c(C)c3cc2c1C. The van der Waals surface area contributed by atoms with Crippen LogP contribution in [0.4, 0.5) is 0 Å². The molecule has 1 saturated heterocycles. The zero-order chi connectivity index (χ0) is 26.8. The number of furan rings is 1. The van der Waals surface area contributed by atoms with E-state index in [1.807, 2.05) is 56.0 Å². The van der Waals surface area contributed by atoms with Crippen LogP contribution in [0.5, 0.6) is 0 Å². The van der Waals surface area contributed by atoms with Crippen LogP contribution in [0.25, 0.3) is 21.9 Å². The molecule has 1 amide bonds. The van der Waals surface area contributed by atoms with Crippen LogP contribution in [0.15, 0.2) is 50.0 Å². The highest BCUT2D eigenvalue weighted by Gasteiger charge is 2.50. The fourth-order valence-corrected chi connectivity index (χ4v) is 6.84. The molecule has 3 atom stereocenters. The molecule has 0 spiro atoms.